The van der Waals surface area contributed by atoms with Crippen molar-refractivity contribution < 1.29 is 0 Å². The van der Waals surface area contributed by atoms with Gasteiger partial charge in [-0.05, 0) is 19.4 Å². The molecular weight excluding hydrogens is 272 g/mol. The van der Waals surface area contributed by atoms with Crippen LogP contribution in [0.5, 0.6) is 0 Å². The van der Waals surface area contributed by atoms with Crippen molar-refractivity contribution >= 4 is 18.4 Å². The molecule has 3 rings (SSSR count). The van der Waals surface area contributed by atoms with Gasteiger partial charge < -0.3 is 0 Å². The average Bonchev–Trinajstić information content (AvgIpc) is 2.80. The molecule has 0 radical (unpaired) electrons. The highest BCUT2D eigenvalue weighted by molar-refractivity contribution is 7.80. The third-order valence-electron chi connectivity index (χ3n) is 3.14. The fourth-order valence-electron chi connectivity index (χ4n) is 2.06. The molecule has 0 aliphatic carbocycles. The minimum Gasteiger partial charge on any atom is -0.275 e. The predicted octanol–water partition coefficient (Wildman–Crippen LogP) is 2.05. The summed E-state index contributed by atoms with van der Waals surface area (Å²) in [4.78, 5) is 20.6. The first kappa shape index (κ1) is 12.9. The van der Waals surface area contributed by atoms with Crippen LogP contribution < -0.4 is 5.56 Å². The maximum atomic E-state index is 12.0. The van der Waals surface area contributed by atoms with E-state index < -0.39 is 0 Å². The normalized spacial score (nSPS) is 12.8. The lowest BCUT2D eigenvalue weighted by Crippen LogP contribution is -2.16. The molecule has 102 valence electrons. The summed E-state index contributed by atoms with van der Waals surface area (Å²) in [6.45, 7) is 3.81. The molecule has 1 atom stereocenters. The van der Waals surface area contributed by atoms with E-state index in [2.05, 4.69) is 27.7 Å². The average molecular weight is 286 g/mol. The number of thiol groups is 1. The number of nitrogens with zero attached hydrogens (tertiary/aromatic N) is 3. The van der Waals surface area contributed by atoms with Crippen LogP contribution in [0.3, 0.4) is 0 Å². The van der Waals surface area contributed by atoms with Crippen molar-refractivity contribution in [3.05, 3.63) is 63.3 Å². The van der Waals surface area contributed by atoms with Crippen LogP contribution in [0.2, 0.25) is 0 Å². The topological polar surface area (TPSA) is 63.0 Å². The van der Waals surface area contributed by atoms with Crippen molar-refractivity contribution in [3.63, 3.8) is 0 Å². The second-order valence-corrected chi connectivity index (χ2v) is 5.29. The van der Waals surface area contributed by atoms with Gasteiger partial charge in [-0.1, -0.05) is 29.8 Å². The van der Waals surface area contributed by atoms with Crippen LogP contribution in [-0.2, 0) is 0 Å². The summed E-state index contributed by atoms with van der Waals surface area (Å²) in [5.41, 5.74) is 2.61. The van der Waals surface area contributed by atoms with E-state index in [1.54, 1.807) is 6.92 Å². The first-order chi connectivity index (χ1) is 9.54. The molecule has 0 saturated carbocycles. The van der Waals surface area contributed by atoms with Gasteiger partial charge >= 0.3 is 0 Å². The van der Waals surface area contributed by atoms with Gasteiger partial charge in [0.15, 0.2) is 0 Å². The molecule has 0 amide bonds. The summed E-state index contributed by atoms with van der Waals surface area (Å²) in [6.07, 6.45) is 0. The Morgan fingerprint density at radius 3 is 2.60 bits per heavy atom. The molecule has 5 nitrogen and oxygen atoms in total. The van der Waals surface area contributed by atoms with Gasteiger partial charge in [-0.3, -0.25) is 9.89 Å². The molecule has 2 heterocycles. The Labute approximate surface area is 121 Å². The van der Waals surface area contributed by atoms with E-state index in [0.717, 1.165) is 5.56 Å². The number of nitrogens with one attached hydrogen (secondary N) is 1. The minimum atomic E-state index is -0.245. The SMILES string of the molecule is Cc1ccc(C(S)c2cc(=O)n3[nH]c(C)nc3n2)cc1. The van der Waals surface area contributed by atoms with Crippen molar-refractivity contribution in [1.29, 1.82) is 0 Å². The van der Waals surface area contributed by atoms with E-state index >= 15 is 0 Å². The zero-order valence-corrected chi connectivity index (χ0v) is 12.1. The fraction of sp³-hybridized carbons (Fsp3) is 0.214. The molecular formula is C14H14N4OS. The minimum absolute atomic E-state index is 0.184. The van der Waals surface area contributed by atoms with Crippen LogP contribution in [0.25, 0.3) is 5.78 Å². The number of benzene rings is 1. The summed E-state index contributed by atoms with van der Waals surface area (Å²) in [5, 5.41) is 2.60. The van der Waals surface area contributed by atoms with Gasteiger partial charge in [-0.15, -0.1) is 0 Å². The number of fused-ring (bicyclic) bond motifs is 1. The largest absolute Gasteiger partial charge is 0.275 e. The Kier molecular flexibility index (Phi) is 3.10. The third-order valence-corrected chi connectivity index (χ3v) is 3.70. The van der Waals surface area contributed by atoms with E-state index in [1.165, 1.54) is 16.1 Å². The molecule has 0 aliphatic heterocycles. The number of hydrogen-bond donors (Lipinski definition) is 2. The highest BCUT2D eigenvalue weighted by Crippen LogP contribution is 2.26. The standard InChI is InChI=1S/C14H14N4OS/c1-8-3-5-10(6-4-8)13(20)11-7-12(19)18-14(16-11)15-9(2)17-18/h3-7,13,20H,1-2H3,(H,15,16,17). The van der Waals surface area contributed by atoms with Gasteiger partial charge in [0.25, 0.3) is 11.3 Å². The maximum Gasteiger partial charge on any atom is 0.274 e. The van der Waals surface area contributed by atoms with Crippen molar-refractivity contribution in [3.8, 4) is 0 Å². The summed E-state index contributed by atoms with van der Waals surface area (Å²) in [7, 11) is 0. The summed E-state index contributed by atoms with van der Waals surface area (Å²) < 4.78 is 1.33. The first-order valence-corrected chi connectivity index (χ1v) is 6.77. The number of H-pyrrole nitrogens is 1. The molecule has 20 heavy (non-hydrogen) atoms. The second-order valence-electron chi connectivity index (χ2n) is 4.78. The van der Waals surface area contributed by atoms with Gasteiger partial charge in [0.1, 0.15) is 5.82 Å². The van der Waals surface area contributed by atoms with Crippen LogP contribution in [0.4, 0.5) is 0 Å². The zero-order chi connectivity index (χ0) is 14.3. The smallest absolute Gasteiger partial charge is 0.274 e. The molecule has 0 aliphatic rings. The second kappa shape index (κ2) is 4.79. The molecule has 1 N–H and O–H groups in total. The highest BCUT2D eigenvalue weighted by Gasteiger charge is 2.14. The lowest BCUT2D eigenvalue weighted by Gasteiger charge is -2.10. The Bertz CT molecular complexity index is 819. The number of aromatic amines is 1. The molecule has 3 aromatic rings. The zero-order valence-electron chi connectivity index (χ0n) is 11.2. The predicted molar refractivity (Wildman–Crippen MR) is 80.4 cm³/mol. The quantitative estimate of drug-likeness (QED) is 0.709. The summed E-state index contributed by atoms with van der Waals surface area (Å²) >= 11 is 4.57. The molecule has 6 heteroatoms. The van der Waals surface area contributed by atoms with Gasteiger partial charge in [-0.2, -0.15) is 22.1 Å². The highest BCUT2D eigenvalue weighted by atomic mass is 32.1. The summed E-state index contributed by atoms with van der Waals surface area (Å²) in [6, 6.07) is 9.51. The van der Waals surface area contributed by atoms with Gasteiger partial charge in [0.2, 0.25) is 0 Å². The Balaban J connectivity index is 2.09. The van der Waals surface area contributed by atoms with Crippen LogP contribution in [0.15, 0.2) is 35.1 Å². The van der Waals surface area contributed by atoms with E-state index in [1.807, 2.05) is 31.2 Å². The molecule has 1 unspecified atom stereocenters. The van der Waals surface area contributed by atoms with Crippen molar-refractivity contribution in [2.24, 2.45) is 0 Å². The number of aryl methyl sites for hydroxylation is 2. The van der Waals surface area contributed by atoms with E-state index in [4.69, 9.17) is 0 Å². The van der Waals surface area contributed by atoms with E-state index in [-0.39, 0.29) is 10.8 Å². The van der Waals surface area contributed by atoms with Crippen molar-refractivity contribution in [1.82, 2.24) is 19.6 Å². The molecule has 0 spiro atoms. The molecule has 0 fully saturated rings. The molecule has 0 bridgehead atoms. The number of hydrogen-bond acceptors (Lipinski definition) is 4. The Morgan fingerprint density at radius 1 is 1.20 bits per heavy atom. The molecule has 0 saturated heterocycles. The van der Waals surface area contributed by atoms with E-state index in [0.29, 0.717) is 17.3 Å². The van der Waals surface area contributed by atoms with Crippen molar-refractivity contribution in [2.45, 2.75) is 19.1 Å². The van der Waals surface area contributed by atoms with Crippen LogP contribution in [0, 0.1) is 13.8 Å². The van der Waals surface area contributed by atoms with Crippen LogP contribution in [-0.4, -0.2) is 19.6 Å². The van der Waals surface area contributed by atoms with Gasteiger partial charge in [0, 0.05) is 6.07 Å². The number of aromatic nitrogens is 4. The van der Waals surface area contributed by atoms with Gasteiger partial charge in [0.05, 0.1) is 10.9 Å². The van der Waals surface area contributed by atoms with Crippen LogP contribution in [0.1, 0.15) is 27.9 Å². The van der Waals surface area contributed by atoms with Crippen LogP contribution >= 0.6 is 12.6 Å². The lowest BCUT2D eigenvalue weighted by atomic mass is 10.1. The molecule has 2 aromatic heterocycles. The van der Waals surface area contributed by atoms with Crippen molar-refractivity contribution in [2.75, 3.05) is 0 Å². The van der Waals surface area contributed by atoms with Gasteiger partial charge in [-0.25, -0.2) is 4.98 Å². The Hall–Kier alpha value is -2.08. The summed E-state index contributed by atoms with van der Waals surface area (Å²) in [5.74, 6) is 1.02. The monoisotopic (exact) mass is 286 g/mol. The number of rotatable bonds is 2. The lowest BCUT2D eigenvalue weighted by molar-refractivity contribution is 0.864. The molecule has 1 aromatic carbocycles. The first-order valence-electron chi connectivity index (χ1n) is 6.25. The third kappa shape index (κ3) is 2.22. The van der Waals surface area contributed by atoms with E-state index in [9.17, 15) is 4.79 Å². The maximum absolute atomic E-state index is 12.0. The fourth-order valence-corrected chi connectivity index (χ4v) is 2.37. The Morgan fingerprint density at radius 2 is 1.90 bits per heavy atom.